The van der Waals surface area contributed by atoms with Gasteiger partial charge in [0.1, 0.15) is 24.7 Å². The van der Waals surface area contributed by atoms with Gasteiger partial charge in [-0.15, -0.1) is 0 Å². The molecule has 4 nitrogen and oxygen atoms in total. The molecule has 0 saturated carbocycles. The van der Waals surface area contributed by atoms with Gasteiger partial charge in [-0.2, -0.15) is 0 Å². The van der Waals surface area contributed by atoms with Gasteiger partial charge in [-0.3, -0.25) is 4.79 Å². The van der Waals surface area contributed by atoms with Gasteiger partial charge in [0.15, 0.2) is 5.78 Å². The lowest BCUT2D eigenvalue weighted by Crippen LogP contribution is -2.04. The molecule has 0 fully saturated rings. The number of carbonyl (C=O) groups excluding carboxylic acids is 1. The van der Waals surface area contributed by atoms with E-state index < -0.39 is 6.61 Å². The number of ether oxygens (including phenoxy) is 2. The van der Waals surface area contributed by atoms with E-state index in [1.54, 1.807) is 31.4 Å². The van der Waals surface area contributed by atoms with Gasteiger partial charge in [0.25, 0.3) is 0 Å². The highest BCUT2D eigenvalue weighted by Crippen LogP contribution is 2.16. The largest absolute Gasteiger partial charge is 0.497 e. The molecule has 0 heterocycles. The molecule has 0 aliphatic carbocycles. The molecule has 2 aromatic rings. The molecule has 0 unspecified atom stereocenters. The second kappa shape index (κ2) is 6.73. The van der Waals surface area contributed by atoms with Crippen molar-refractivity contribution in [3.63, 3.8) is 0 Å². The molecule has 0 aliphatic rings. The van der Waals surface area contributed by atoms with Gasteiger partial charge in [0.05, 0.1) is 7.11 Å². The Balaban J connectivity index is 1.94. The predicted molar refractivity (Wildman–Crippen MR) is 75.2 cm³/mol. The molecule has 0 aromatic heterocycles. The fourth-order valence-corrected chi connectivity index (χ4v) is 1.72. The van der Waals surface area contributed by atoms with Gasteiger partial charge in [-0.1, -0.05) is 12.1 Å². The molecule has 2 rings (SSSR count). The van der Waals surface area contributed by atoms with Gasteiger partial charge in [-0.25, -0.2) is 0 Å². The van der Waals surface area contributed by atoms with E-state index in [1.165, 1.54) is 0 Å². The number of aliphatic hydroxyl groups is 1. The molecule has 20 heavy (non-hydrogen) atoms. The second-order valence-electron chi connectivity index (χ2n) is 4.24. The molecular formula is C16H16O4. The number of Topliss-reactive ketones (excluding diaryl/α,β-unsaturated/α-hetero) is 1. The first-order valence-corrected chi connectivity index (χ1v) is 6.23. The average Bonchev–Trinajstić information content (AvgIpc) is 2.53. The number of hydrogen-bond donors (Lipinski definition) is 1. The third-order valence-electron chi connectivity index (χ3n) is 2.88. The molecule has 0 aliphatic heterocycles. The van der Waals surface area contributed by atoms with Crippen LogP contribution in [-0.2, 0) is 6.61 Å². The van der Waals surface area contributed by atoms with E-state index >= 15 is 0 Å². The fraction of sp³-hybridized carbons (Fsp3) is 0.188. The minimum atomic E-state index is -0.480. The third kappa shape index (κ3) is 3.59. The summed E-state index contributed by atoms with van der Waals surface area (Å²) in [6.45, 7) is -0.0384. The van der Waals surface area contributed by atoms with E-state index in [1.807, 2.05) is 24.3 Å². The van der Waals surface area contributed by atoms with E-state index in [2.05, 4.69) is 0 Å². The van der Waals surface area contributed by atoms with Crippen molar-refractivity contribution in [3.8, 4) is 11.5 Å². The van der Waals surface area contributed by atoms with Crippen molar-refractivity contribution < 1.29 is 19.4 Å². The number of hydrogen-bond acceptors (Lipinski definition) is 4. The minimum Gasteiger partial charge on any atom is -0.497 e. The van der Waals surface area contributed by atoms with Crippen LogP contribution in [0.3, 0.4) is 0 Å². The molecule has 1 N–H and O–H groups in total. The zero-order valence-corrected chi connectivity index (χ0v) is 11.2. The van der Waals surface area contributed by atoms with Crippen LogP contribution in [0.25, 0.3) is 0 Å². The topological polar surface area (TPSA) is 55.8 Å². The summed E-state index contributed by atoms with van der Waals surface area (Å²) in [6, 6.07) is 14.3. The van der Waals surface area contributed by atoms with Crippen LogP contribution in [0.15, 0.2) is 48.5 Å². The van der Waals surface area contributed by atoms with Crippen LogP contribution < -0.4 is 9.47 Å². The summed E-state index contributed by atoms with van der Waals surface area (Å²) in [5, 5.41) is 8.76. The van der Waals surface area contributed by atoms with Gasteiger partial charge in [0, 0.05) is 5.56 Å². The Morgan fingerprint density at radius 1 is 1.00 bits per heavy atom. The van der Waals surface area contributed by atoms with Gasteiger partial charge < -0.3 is 14.6 Å². The molecule has 0 atom stereocenters. The van der Waals surface area contributed by atoms with Crippen LogP contribution in [0.2, 0.25) is 0 Å². The van der Waals surface area contributed by atoms with E-state index in [0.717, 1.165) is 11.3 Å². The molecule has 2 aromatic carbocycles. The molecule has 0 saturated heterocycles. The van der Waals surface area contributed by atoms with Crippen LogP contribution in [0.5, 0.6) is 11.5 Å². The van der Waals surface area contributed by atoms with Gasteiger partial charge in [-0.05, 0) is 42.0 Å². The standard InChI is InChI=1S/C16H16O4/c1-19-14-6-2-12(3-7-14)11-20-15-8-4-13(5-9-15)16(18)10-17/h2-9,17H,10-11H2,1H3. The highest BCUT2D eigenvalue weighted by molar-refractivity contribution is 5.96. The fourth-order valence-electron chi connectivity index (χ4n) is 1.72. The number of aliphatic hydroxyl groups excluding tert-OH is 1. The van der Waals surface area contributed by atoms with Crippen LogP contribution in [-0.4, -0.2) is 24.6 Å². The first-order chi connectivity index (χ1) is 9.72. The average molecular weight is 272 g/mol. The van der Waals surface area contributed by atoms with E-state index in [4.69, 9.17) is 14.6 Å². The SMILES string of the molecule is COc1ccc(COc2ccc(C(=O)CO)cc2)cc1. The Morgan fingerprint density at radius 3 is 2.15 bits per heavy atom. The zero-order chi connectivity index (χ0) is 14.4. The van der Waals surface area contributed by atoms with Crippen LogP contribution in [0, 0.1) is 0 Å². The molecule has 0 amide bonds. The Hall–Kier alpha value is -2.33. The summed E-state index contributed by atoms with van der Waals surface area (Å²) in [5.41, 5.74) is 1.51. The van der Waals surface area contributed by atoms with E-state index in [-0.39, 0.29) is 5.78 Å². The van der Waals surface area contributed by atoms with Crippen molar-refractivity contribution in [2.75, 3.05) is 13.7 Å². The smallest absolute Gasteiger partial charge is 0.188 e. The van der Waals surface area contributed by atoms with Gasteiger partial charge >= 0.3 is 0 Å². The van der Waals surface area contributed by atoms with Crippen molar-refractivity contribution in [2.24, 2.45) is 0 Å². The normalized spacial score (nSPS) is 10.1. The van der Waals surface area contributed by atoms with E-state index in [0.29, 0.717) is 17.9 Å². The van der Waals surface area contributed by atoms with Crippen molar-refractivity contribution in [1.82, 2.24) is 0 Å². The maximum atomic E-state index is 11.3. The van der Waals surface area contributed by atoms with Crippen LogP contribution >= 0.6 is 0 Å². The maximum Gasteiger partial charge on any atom is 0.188 e. The molecule has 0 spiro atoms. The van der Waals surface area contributed by atoms with Crippen molar-refractivity contribution in [2.45, 2.75) is 6.61 Å². The lowest BCUT2D eigenvalue weighted by Gasteiger charge is -2.07. The van der Waals surface area contributed by atoms with E-state index in [9.17, 15) is 4.79 Å². The molecule has 0 radical (unpaired) electrons. The number of benzene rings is 2. The summed E-state index contributed by atoms with van der Waals surface area (Å²) in [5.74, 6) is 1.18. The van der Waals surface area contributed by atoms with Crippen LogP contribution in [0.4, 0.5) is 0 Å². The summed E-state index contributed by atoms with van der Waals surface area (Å²) in [6.07, 6.45) is 0. The Bertz CT molecular complexity index is 558. The Morgan fingerprint density at radius 2 is 1.60 bits per heavy atom. The first kappa shape index (κ1) is 14.1. The minimum absolute atomic E-state index is 0.299. The van der Waals surface area contributed by atoms with Crippen molar-refractivity contribution in [3.05, 3.63) is 59.7 Å². The number of rotatable bonds is 6. The van der Waals surface area contributed by atoms with Crippen molar-refractivity contribution in [1.29, 1.82) is 0 Å². The number of carbonyl (C=O) groups is 1. The molecule has 4 heteroatoms. The summed E-state index contributed by atoms with van der Waals surface area (Å²) in [4.78, 5) is 11.3. The number of ketones is 1. The predicted octanol–water partition coefficient (Wildman–Crippen LogP) is 2.45. The lowest BCUT2D eigenvalue weighted by atomic mass is 10.1. The number of methoxy groups -OCH3 is 1. The molecule has 104 valence electrons. The summed E-state index contributed by atoms with van der Waals surface area (Å²) in [7, 11) is 1.63. The van der Waals surface area contributed by atoms with Crippen molar-refractivity contribution >= 4 is 5.78 Å². The maximum absolute atomic E-state index is 11.3. The Kier molecular flexibility index (Phi) is 4.74. The highest BCUT2D eigenvalue weighted by Gasteiger charge is 2.04. The quantitative estimate of drug-likeness (QED) is 0.821. The first-order valence-electron chi connectivity index (χ1n) is 6.23. The second-order valence-corrected chi connectivity index (χ2v) is 4.24. The van der Waals surface area contributed by atoms with Crippen LogP contribution in [0.1, 0.15) is 15.9 Å². The zero-order valence-electron chi connectivity index (χ0n) is 11.2. The lowest BCUT2D eigenvalue weighted by molar-refractivity contribution is 0.0903. The third-order valence-corrected chi connectivity index (χ3v) is 2.88. The molecular weight excluding hydrogens is 256 g/mol. The highest BCUT2D eigenvalue weighted by atomic mass is 16.5. The summed E-state index contributed by atoms with van der Waals surface area (Å²) >= 11 is 0. The molecule has 0 bridgehead atoms. The Labute approximate surface area is 117 Å². The summed E-state index contributed by atoms with van der Waals surface area (Å²) < 4.78 is 10.7. The van der Waals surface area contributed by atoms with Gasteiger partial charge in [0.2, 0.25) is 0 Å². The monoisotopic (exact) mass is 272 g/mol.